The van der Waals surface area contributed by atoms with E-state index in [2.05, 4.69) is 27.6 Å². The molecule has 0 saturated carbocycles. The maximum Gasteiger partial charge on any atom is 0.258 e. The molecule has 3 aromatic rings. The highest BCUT2D eigenvalue weighted by molar-refractivity contribution is 7.13. The Morgan fingerprint density at radius 2 is 2.26 bits per heavy atom. The normalized spacial score (nSPS) is 13.3. The molecular formula is C14H11N3OS. The van der Waals surface area contributed by atoms with Crippen molar-refractivity contribution in [2.45, 2.75) is 6.42 Å². The number of nitrogens with zero attached hydrogens (tertiary/aromatic N) is 2. The lowest BCUT2D eigenvalue weighted by Crippen LogP contribution is -1.90. The van der Waals surface area contributed by atoms with Crippen molar-refractivity contribution in [2.75, 3.05) is 11.9 Å². The van der Waals surface area contributed by atoms with Gasteiger partial charge in [-0.25, -0.2) is 0 Å². The maximum atomic E-state index is 5.36. The van der Waals surface area contributed by atoms with Crippen LogP contribution in [0.15, 0.2) is 40.2 Å². The smallest absolute Gasteiger partial charge is 0.258 e. The zero-order valence-corrected chi connectivity index (χ0v) is 10.9. The van der Waals surface area contributed by atoms with Crippen LogP contribution in [0, 0.1) is 0 Å². The molecule has 0 aliphatic carbocycles. The zero-order valence-electron chi connectivity index (χ0n) is 10.1. The number of rotatable bonds is 2. The summed E-state index contributed by atoms with van der Waals surface area (Å²) in [5.74, 6) is 1.24. The molecule has 2 aromatic heterocycles. The molecule has 3 heterocycles. The molecule has 4 rings (SSSR count). The second kappa shape index (κ2) is 4.20. The summed E-state index contributed by atoms with van der Waals surface area (Å²) in [6.45, 7) is 1.00. The van der Waals surface area contributed by atoms with Crippen LogP contribution in [-0.2, 0) is 6.42 Å². The van der Waals surface area contributed by atoms with Crippen molar-refractivity contribution in [3.63, 3.8) is 0 Å². The van der Waals surface area contributed by atoms with E-state index in [4.69, 9.17) is 4.52 Å². The summed E-state index contributed by atoms with van der Waals surface area (Å²) in [7, 11) is 0. The van der Waals surface area contributed by atoms with Crippen LogP contribution in [0.5, 0.6) is 0 Å². The predicted molar refractivity (Wildman–Crippen MR) is 75.2 cm³/mol. The lowest BCUT2D eigenvalue weighted by atomic mass is 10.1. The quantitative estimate of drug-likeness (QED) is 0.774. The van der Waals surface area contributed by atoms with Gasteiger partial charge in [0.1, 0.15) is 0 Å². The third kappa shape index (κ3) is 1.82. The van der Waals surface area contributed by atoms with E-state index in [1.54, 1.807) is 11.3 Å². The van der Waals surface area contributed by atoms with E-state index in [0.29, 0.717) is 11.7 Å². The third-order valence-electron chi connectivity index (χ3n) is 3.23. The van der Waals surface area contributed by atoms with Crippen LogP contribution < -0.4 is 5.32 Å². The summed E-state index contributed by atoms with van der Waals surface area (Å²) in [5, 5.41) is 9.39. The van der Waals surface area contributed by atoms with E-state index < -0.39 is 0 Å². The number of nitrogens with one attached hydrogen (secondary N) is 1. The molecular weight excluding hydrogens is 258 g/mol. The Hall–Kier alpha value is -2.14. The second-order valence-electron chi connectivity index (χ2n) is 4.45. The summed E-state index contributed by atoms with van der Waals surface area (Å²) in [6, 6.07) is 10.2. The summed E-state index contributed by atoms with van der Waals surface area (Å²) < 4.78 is 5.36. The van der Waals surface area contributed by atoms with Gasteiger partial charge in [0.2, 0.25) is 5.82 Å². The molecule has 0 amide bonds. The Morgan fingerprint density at radius 1 is 1.26 bits per heavy atom. The Labute approximate surface area is 114 Å². The van der Waals surface area contributed by atoms with Crippen LogP contribution in [0.4, 0.5) is 5.69 Å². The molecule has 4 nitrogen and oxygen atoms in total. The number of aromatic nitrogens is 2. The van der Waals surface area contributed by atoms with Crippen molar-refractivity contribution >= 4 is 17.0 Å². The molecule has 1 aliphatic rings. The Balaban J connectivity index is 1.73. The fraction of sp³-hybridized carbons (Fsp3) is 0.143. The summed E-state index contributed by atoms with van der Waals surface area (Å²) in [4.78, 5) is 5.49. The third-order valence-corrected chi connectivity index (χ3v) is 4.10. The van der Waals surface area contributed by atoms with Gasteiger partial charge >= 0.3 is 0 Å². The van der Waals surface area contributed by atoms with Gasteiger partial charge < -0.3 is 9.84 Å². The Bertz CT molecular complexity index is 718. The summed E-state index contributed by atoms with van der Waals surface area (Å²) >= 11 is 1.61. The molecule has 0 fully saturated rings. The minimum absolute atomic E-state index is 0.582. The maximum absolute atomic E-state index is 5.36. The van der Waals surface area contributed by atoms with Crippen molar-refractivity contribution in [3.05, 3.63) is 41.3 Å². The first-order valence-corrected chi connectivity index (χ1v) is 7.03. The first-order chi connectivity index (χ1) is 9.40. The molecule has 0 atom stereocenters. The number of hydrogen-bond acceptors (Lipinski definition) is 5. The van der Waals surface area contributed by atoms with Crippen LogP contribution in [0.3, 0.4) is 0 Å². The molecule has 19 heavy (non-hydrogen) atoms. The van der Waals surface area contributed by atoms with E-state index in [1.807, 2.05) is 23.6 Å². The van der Waals surface area contributed by atoms with Gasteiger partial charge in [0.15, 0.2) is 0 Å². The molecule has 1 N–H and O–H groups in total. The molecule has 0 radical (unpaired) electrons. The van der Waals surface area contributed by atoms with Crippen LogP contribution in [0.25, 0.3) is 22.2 Å². The van der Waals surface area contributed by atoms with E-state index in [9.17, 15) is 0 Å². The van der Waals surface area contributed by atoms with Crippen LogP contribution >= 0.6 is 11.3 Å². The lowest BCUT2D eigenvalue weighted by Gasteiger charge is -2.00. The van der Waals surface area contributed by atoms with Crippen molar-refractivity contribution < 1.29 is 4.52 Å². The first-order valence-electron chi connectivity index (χ1n) is 6.15. The van der Waals surface area contributed by atoms with Gasteiger partial charge in [-0.1, -0.05) is 11.2 Å². The topological polar surface area (TPSA) is 51.0 Å². The molecule has 0 spiro atoms. The van der Waals surface area contributed by atoms with Crippen LogP contribution in [0.2, 0.25) is 0 Å². The van der Waals surface area contributed by atoms with Gasteiger partial charge in [-0.05, 0) is 41.6 Å². The summed E-state index contributed by atoms with van der Waals surface area (Å²) in [6.07, 6.45) is 1.05. The SMILES string of the molecule is c1csc(-c2noc(-c3ccc4c(c3)CCN4)n2)c1. The fourth-order valence-electron chi connectivity index (χ4n) is 2.28. The van der Waals surface area contributed by atoms with Crippen molar-refractivity contribution in [1.29, 1.82) is 0 Å². The van der Waals surface area contributed by atoms with Gasteiger partial charge in [0.05, 0.1) is 4.88 Å². The average Bonchev–Trinajstić information content (AvgIpc) is 3.18. The summed E-state index contributed by atoms with van der Waals surface area (Å²) in [5.41, 5.74) is 3.51. The number of thiophene rings is 1. The number of anilines is 1. The minimum Gasteiger partial charge on any atom is -0.384 e. The minimum atomic E-state index is 0.582. The second-order valence-corrected chi connectivity index (χ2v) is 5.40. The van der Waals surface area contributed by atoms with E-state index in [0.717, 1.165) is 23.4 Å². The fourth-order valence-corrected chi connectivity index (χ4v) is 2.93. The average molecular weight is 269 g/mol. The molecule has 1 aliphatic heterocycles. The Morgan fingerprint density at radius 3 is 3.16 bits per heavy atom. The molecule has 5 heteroatoms. The van der Waals surface area contributed by atoms with E-state index in [1.165, 1.54) is 11.3 Å². The Kier molecular flexibility index (Phi) is 2.38. The zero-order chi connectivity index (χ0) is 12.7. The number of hydrogen-bond donors (Lipinski definition) is 1. The number of benzene rings is 1. The largest absolute Gasteiger partial charge is 0.384 e. The molecule has 1 aromatic carbocycles. The highest BCUT2D eigenvalue weighted by Gasteiger charge is 2.15. The van der Waals surface area contributed by atoms with E-state index >= 15 is 0 Å². The lowest BCUT2D eigenvalue weighted by molar-refractivity contribution is 0.432. The molecule has 0 saturated heterocycles. The molecule has 94 valence electrons. The molecule has 0 unspecified atom stereocenters. The highest BCUT2D eigenvalue weighted by Crippen LogP contribution is 2.29. The van der Waals surface area contributed by atoms with Gasteiger partial charge in [-0.15, -0.1) is 11.3 Å². The van der Waals surface area contributed by atoms with Gasteiger partial charge in [0.25, 0.3) is 5.89 Å². The van der Waals surface area contributed by atoms with Crippen molar-refractivity contribution in [3.8, 4) is 22.2 Å². The first kappa shape index (κ1) is 10.8. The number of fused-ring (bicyclic) bond motifs is 1. The molecule has 0 bridgehead atoms. The van der Waals surface area contributed by atoms with Crippen molar-refractivity contribution in [2.24, 2.45) is 0 Å². The van der Waals surface area contributed by atoms with Crippen LogP contribution in [0.1, 0.15) is 5.56 Å². The van der Waals surface area contributed by atoms with Crippen LogP contribution in [-0.4, -0.2) is 16.7 Å². The van der Waals surface area contributed by atoms with Gasteiger partial charge in [0, 0.05) is 17.8 Å². The van der Waals surface area contributed by atoms with E-state index in [-0.39, 0.29) is 0 Å². The monoisotopic (exact) mass is 269 g/mol. The highest BCUT2D eigenvalue weighted by atomic mass is 32.1. The van der Waals surface area contributed by atoms with Crippen molar-refractivity contribution in [1.82, 2.24) is 10.1 Å². The van der Waals surface area contributed by atoms with Gasteiger partial charge in [-0.3, -0.25) is 0 Å². The van der Waals surface area contributed by atoms with Gasteiger partial charge in [-0.2, -0.15) is 4.98 Å². The standard InChI is InChI=1S/C14H11N3OS/c1-2-12(19-7-1)13-16-14(18-17-13)10-3-4-11-9(8-10)5-6-15-11/h1-4,7-8,15H,5-6H2. The predicted octanol–water partition coefficient (Wildman–Crippen LogP) is 3.43.